The lowest BCUT2D eigenvalue weighted by Crippen LogP contribution is -2.30. The SMILES string of the molecule is CCOc1ccc(CN(CC)S(=O)(=O)c2ccc(C(C)=O)cc2)cc1OC. The summed E-state index contributed by atoms with van der Waals surface area (Å²) in [6.07, 6.45) is 0. The van der Waals surface area contributed by atoms with Crippen LogP contribution in [0.2, 0.25) is 0 Å². The zero-order valence-electron chi connectivity index (χ0n) is 16.1. The fraction of sp³-hybridized carbons (Fsp3) is 0.350. The van der Waals surface area contributed by atoms with Gasteiger partial charge in [-0.3, -0.25) is 4.79 Å². The Morgan fingerprint density at radius 2 is 1.70 bits per heavy atom. The zero-order valence-corrected chi connectivity index (χ0v) is 16.9. The number of ether oxygens (including phenoxy) is 2. The number of Topliss-reactive ketones (excluding diaryl/α,β-unsaturated/α-hetero) is 1. The molecule has 0 fully saturated rings. The van der Waals surface area contributed by atoms with Gasteiger partial charge in [0.15, 0.2) is 17.3 Å². The Kier molecular flexibility index (Phi) is 6.98. The highest BCUT2D eigenvalue weighted by atomic mass is 32.2. The summed E-state index contributed by atoms with van der Waals surface area (Å²) >= 11 is 0. The van der Waals surface area contributed by atoms with Gasteiger partial charge < -0.3 is 9.47 Å². The molecule has 0 unspecified atom stereocenters. The monoisotopic (exact) mass is 391 g/mol. The molecule has 0 radical (unpaired) electrons. The summed E-state index contributed by atoms with van der Waals surface area (Å²) in [5.74, 6) is 1.08. The van der Waals surface area contributed by atoms with Gasteiger partial charge >= 0.3 is 0 Å². The third-order valence-electron chi connectivity index (χ3n) is 4.14. The third-order valence-corrected chi connectivity index (χ3v) is 6.07. The summed E-state index contributed by atoms with van der Waals surface area (Å²) in [7, 11) is -2.13. The van der Waals surface area contributed by atoms with Gasteiger partial charge in [0.25, 0.3) is 0 Å². The number of benzene rings is 2. The number of sulfonamides is 1. The molecule has 2 aromatic rings. The Bertz CT molecular complexity index is 891. The topological polar surface area (TPSA) is 72.9 Å². The van der Waals surface area contributed by atoms with Crippen LogP contribution in [0.25, 0.3) is 0 Å². The molecule has 0 atom stereocenters. The number of hydrogen-bond donors (Lipinski definition) is 0. The smallest absolute Gasteiger partial charge is 0.243 e. The molecule has 0 bridgehead atoms. The molecule has 0 saturated carbocycles. The normalized spacial score (nSPS) is 11.4. The van der Waals surface area contributed by atoms with E-state index in [0.29, 0.717) is 30.2 Å². The van der Waals surface area contributed by atoms with Crippen molar-refractivity contribution >= 4 is 15.8 Å². The van der Waals surface area contributed by atoms with Crippen molar-refractivity contribution in [3.05, 3.63) is 53.6 Å². The van der Waals surface area contributed by atoms with Crippen LogP contribution < -0.4 is 9.47 Å². The average molecular weight is 391 g/mol. The first-order chi connectivity index (χ1) is 12.8. The first kappa shape index (κ1) is 20.9. The van der Waals surface area contributed by atoms with Crippen molar-refractivity contribution in [1.29, 1.82) is 0 Å². The molecule has 0 aliphatic heterocycles. The maximum atomic E-state index is 13.0. The lowest BCUT2D eigenvalue weighted by molar-refractivity contribution is 0.101. The van der Waals surface area contributed by atoms with Crippen LogP contribution in [0.15, 0.2) is 47.4 Å². The van der Waals surface area contributed by atoms with Gasteiger partial charge in [-0.1, -0.05) is 25.1 Å². The zero-order chi connectivity index (χ0) is 20.0. The summed E-state index contributed by atoms with van der Waals surface area (Å²) in [5, 5.41) is 0. The quantitative estimate of drug-likeness (QED) is 0.612. The highest BCUT2D eigenvalue weighted by Gasteiger charge is 2.23. The van der Waals surface area contributed by atoms with Crippen molar-refractivity contribution in [1.82, 2.24) is 4.31 Å². The summed E-state index contributed by atoms with van der Waals surface area (Å²) in [5.41, 5.74) is 1.27. The highest BCUT2D eigenvalue weighted by molar-refractivity contribution is 7.89. The number of nitrogens with zero attached hydrogens (tertiary/aromatic N) is 1. The first-order valence-electron chi connectivity index (χ1n) is 8.74. The van der Waals surface area contributed by atoms with Gasteiger partial charge in [0.2, 0.25) is 10.0 Å². The summed E-state index contributed by atoms with van der Waals surface area (Å²) < 4.78 is 38.1. The summed E-state index contributed by atoms with van der Waals surface area (Å²) in [6.45, 7) is 6.15. The molecule has 0 saturated heterocycles. The highest BCUT2D eigenvalue weighted by Crippen LogP contribution is 2.29. The van der Waals surface area contributed by atoms with Crippen molar-refractivity contribution in [2.45, 2.75) is 32.2 Å². The molecular weight excluding hydrogens is 366 g/mol. The standard InChI is InChI=1S/C20H25NO5S/c1-5-21(14-16-7-12-19(26-6-2)20(13-16)25-4)27(23,24)18-10-8-17(9-11-18)15(3)22/h7-13H,5-6,14H2,1-4H3. The van der Waals surface area contributed by atoms with Gasteiger partial charge in [0.05, 0.1) is 18.6 Å². The minimum Gasteiger partial charge on any atom is -0.493 e. The lowest BCUT2D eigenvalue weighted by Gasteiger charge is -2.21. The van der Waals surface area contributed by atoms with E-state index in [1.54, 1.807) is 26.2 Å². The van der Waals surface area contributed by atoms with Gasteiger partial charge in [-0.2, -0.15) is 4.31 Å². The maximum Gasteiger partial charge on any atom is 0.243 e. The molecule has 6 nitrogen and oxygen atoms in total. The Morgan fingerprint density at radius 3 is 2.22 bits per heavy atom. The van der Waals surface area contributed by atoms with E-state index in [0.717, 1.165) is 5.56 Å². The maximum absolute atomic E-state index is 13.0. The van der Waals surface area contributed by atoms with E-state index in [1.807, 2.05) is 13.0 Å². The van der Waals surface area contributed by atoms with Crippen LogP contribution in [0.4, 0.5) is 0 Å². The minimum atomic E-state index is -3.68. The van der Waals surface area contributed by atoms with E-state index >= 15 is 0 Å². The van der Waals surface area contributed by atoms with E-state index in [2.05, 4.69) is 0 Å². The fourth-order valence-corrected chi connectivity index (χ4v) is 4.10. The predicted octanol–water partition coefficient (Wildman–Crippen LogP) is 3.51. The van der Waals surface area contributed by atoms with Gasteiger partial charge in [-0.15, -0.1) is 0 Å². The van der Waals surface area contributed by atoms with E-state index in [9.17, 15) is 13.2 Å². The number of ketones is 1. The van der Waals surface area contributed by atoms with Gasteiger partial charge in [0.1, 0.15) is 0 Å². The number of carbonyl (C=O) groups is 1. The van der Waals surface area contributed by atoms with E-state index in [1.165, 1.54) is 35.5 Å². The Balaban J connectivity index is 2.28. The largest absolute Gasteiger partial charge is 0.493 e. The van der Waals surface area contributed by atoms with Crippen molar-refractivity contribution in [3.8, 4) is 11.5 Å². The Labute approximate surface area is 160 Å². The summed E-state index contributed by atoms with van der Waals surface area (Å²) in [6, 6.07) is 11.4. The van der Waals surface area contributed by atoms with Crippen LogP contribution >= 0.6 is 0 Å². The van der Waals surface area contributed by atoms with Crippen molar-refractivity contribution in [2.75, 3.05) is 20.3 Å². The third kappa shape index (κ3) is 4.87. The Morgan fingerprint density at radius 1 is 1.04 bits per heavy atom. The molecule has 2 rings (SSSR count). The molecule has 27 heavy (non-hydrogen) atoms. The second-order valence-corrected chi connectivity index (χ2v) is 7.87. The van der Waals surface area contributed by atoms with Crippen molar-refractivity contribution in [2.24, 2.45) is 0 Å². The Hall–Kier alpha value is -2.38. The molecule has 0 aliphatic rings. The number of rotatable bonds is 9. The van der Waals surface area contributed by atoms with Crippen molar-refractivity contribution < 1.29 is 22.7 Å². The number of carbonyl (C=O) groups excluding carboxylic acids is 1. The van der Waals surface area contributed by atoms with Crippen LogP contribution in [-0.2, 0) is 16.6 Å². The molecule has 0 heterocycles. The molecule has 7 heteroatoms. The molecule has 0 amide bonds. The molecule has 2 aromatic carbocycles. The molecule has 0 N–H and O–H groups in total. The van der Waals surface area contributed by atoms with Crippen molar-refractivity contribution in [3.63, 3.8) is 0 Å². The minimum absolute atomic E-state index is 0.104. The molecule has 146 valence electrons. The number of methoxy groups -OCH3 is 1. The summed E-state index contributed by atoms with van der Waals surface area (Å²) in [4.78, 5) is 11.5. The van der Waals surface area contributed by atoms with E-state index in [-0.39, 0.29) is 17.2 Å². The van der Waals surface area contributed by atoms with Crippen LogP contribution in [0, 0.1) is 0 Å². The predicted molar refractivity (Wildman–Crippen MR) is 104 cm³/mol. The molecule has 0 aliphatic carbocycles. The molecule has 0 spiro atoms. The van der Waals surface area contributed by atoms with Gasteiger partial charge in [-0.25, -0.2) is 8.42 Å². The van der Waals surface area contributed by atoms with Gasteiger partial charge in [0, 0.05) is 18.7 Å². The van der Waals surface area contributed by atoms with E-state index < -0.39 is 10.0 Å². The second kappa shape index (κ2) is 9.01. The second-order valence-electron chi connectivity index (χ2n) is 5.93. The van der Waals surface area contributed by atoms with Crippen LogP contribution in [0.5, 0.6) is 11.5 Å². The first-order valence-corrected chi connectivity index (χ1v) is 10.2. The van der Waals surface area contributed by atoms with Crippen LogP contribution in [-0.4, -0.2) is 38.8 Å². The molecule has 0 aromatic heterocycles. The van der Waals surface area contributed by atoms with Gasteiger partial charge in [-0.05, 0) is 43.7 Å². The fourth-order valence-electron chi connectivity index (χ4n) is 2.67. The average Bonchev–Trinajstić information content (AvgIpc) is 2.67. The van der Waals surface area contributed by atoms with Crippen LogP contribution in [0.3, 0.4) is 0 Å². The molecular formula is C20H25NO5S. The van der Waals surface area contributed by atoms with E-state index in [4.69, 9.17) is 9.47 Å². The van der Waals surface area contributed by atoms with Crippen LogP contribution in [0.1, 0.15) is 36.7 Å². The number of hydrogen-bond acceptors (Lipinski definition) is 5. The lowest BCUT2D eigenvalue weighted by atomic mass is 10.2.